The minimum atomic E-state index is -0.315. The molecule has 3 heteroatoms. The van der Waals surface area contributed by atoms with Gasteiger partial charge < -0.3 is 5.32 Å². The lowest BCUT2D eigenvalue weighted by atomic mass is 10.1. The van der Waals surface area contributed by atoms with Crippen molar-refractivity contribution in [2.24, 2.45) is 5.92 Å². The average molecular weight is 141 g/mol. The molecule has 0 radical (unpaired) electrons. The van der Waals surface area contributed by atoms with E-state index in [0.717, 1.165) is 13.0 Å². The van der Waals surface area contributed by atoms with Crippen molar-refractivity contribution >= 4 is 12.1 Å². The molecule has 3 nitrogen and oxygen atoms in total. The van der Waals surface area contributed by atoms with Gasteiger partial charge >= 0.3 is 0 Å². The van der Waals surface area contributed by atoms with Gasteiger partial charge in [-0.25, -0.2) is 0 Å². The predicted octanol–water partition coefficient (Wildman–Crippen LogP) is -0.248. The summed E-state index contributed by atoms with van der Waals surface area (Å²) in [7, 11) is 0. The molecule has 1 aliphatic rings. The smallest absolute Gasteiger partial charge is 0.212 e. The Bertz CT molecular complexity index is 156. The third kappa shape index (κ3) is 1.42. The molecule has 0 spiro atoms. The Balaban J connectivity index is 2.44. The third-order valence-electron chi connectivity index (χ3n) is 1.81. The van der Waals surface area contributed by atoms with E-state index in [9.17, 15) is 9.59 Å². The topological polar surface area (TPSA) is 46.2 Å². The molecule has 56 valence electrons. The van der Waals surface area contributed by atoms with Gasteiger partial charge in [0.15, 0.2) is 6.29 Å². The lowest BCUT2D eigenvalue weighted by Gasteiger charge is -2.01. The van der Waals surface area contributed by atoms with Gasteiger partial charge in [-0.3, -0.25) is 9.59 Å². The van der Waals surface area contributed by atoms with Crippen LogP contribution in [-0.2, 0) is 9.59 Å². The Labute approximate surface area is 59.8 Å². The van der Waals surface area contributed by atoms with Crippen LogP contribution in [0.1, 0.15) is 13.3 Å². The van der Waals surface area contributed by atoms with Crippen LogP contribution in [0.5, 0.6) is 0 Å². The summed E-state index contributed by atoms with van der Waals surface area (Å²) >= 11 is 0. The first-order valence-electron chi connectivity index (χ1n) is 3.46. The van der Waals surface area contributed by atoms with Gasteiger partial charge in [0, 0.05) is 0 Å². The number of hydrogen-bond donors (Lipinski definition) is 1. The van der Waals surface area contributed by atoms with Crippen LogP contribution in [0.15, 0.2) is 0 Å². The predicted molar refractivity (Wildman–Crippen MR) is 36.6 cm³/mol. The summed E-state index contributed by atoms with van der Waals surface area (Å²) in [5.41, 5.74) is 0. The van der Waals surface area contributed by atoms with Crippen molar-refractivity contribution in [3.8, 4) is 0 Å². The summed E-state index contributed by atoms with van der Waals surface area (Å²) in [6, 6.07) is -0.201. The van der Waals surface area contributed by atoms with Crippen molar-refractivity contribution in [3.63, 3.8) is 0 Å². The van der Waals surface area contributed by atoms with Crippen molar-refractivity contribution in [1.29, 1.82) is 0 Å². The van der Waals surface area contributed by atoms with Crippen molar-refractivity contribution in [1.82, 2.24) is 5.32 Å². The molecule has 0 aromatic heterocycles. The summed E-state index contributed by atoms with van der Waals surface area (Å²) in [4.78, 5) is 20.7. The maximum atomic E-state index is 10.7. The second kappa shape index (κ2) is 2.92. The first-order chi connectivity index (χ1) is 4.74. The van der Waals surface area contributed by atoms with Crippen molar-refractivity contribution in [2.75, 3.05) is 6.54 Å². The van der Waals surface area contributed by atoms with Gasteiger partial charge in [0.05, 0.1) is 6.04 Å². The second-order valence-corrected chi connectivity index (χ2v) is 2.82. The number of nitrogens with one attached hydrogen (secondary N) is 1. The summed E-state index contributed by atoms with van der Waals surface area (Å²) in [5, 5.41) is 2.98. The molecule has 1 rings (SSSR count). The largest absolute Gasteiger partial charge is 0.307 e. The molecule has 0 aromatic carbocycles. The third-order valence-corrected chi connectivity index (χ3v) is 1.81. The second-order valence-electron chi connectivity index (χ2n) is 2.82. The number of rotatable bonds is 2. The fourth-order valence-corrected chi connectivity index (χ4v) is 1.21. The highest BCUT2D eigenvalue weighted by atomic mass is 16.2. The van der Waals surface area contributed by atoms with Gasteiger partial charge in [-0.2, -0.15) is 0 Å². The van der Waals surface area contributed by atoms with Crippen LogP contribution in [0.2, 0.25) is 0 Å². The lowest BCUT2D eigenvalue weighted by molar-refractivity contribution is -0.131. The molecule has 0 aromatic rings. The van der Waals surface area contributed by atoms with E-state index in [4.69, 9.17) is 0 Å². The van der Waals surface area contributed by atoms with Gasteiger partial charge in [-0.15, -0.1) is 0 Å². The Morgan fingerprint density at radius 2 is 2.40 bits per heavy atom. The van der Waals surface area contributed by atoms with E-state index in [1.165, 1.54) is 0 Å². The highest BCUT2D eigenvalue weighted by Crippen LogP contribution is 2.12. The van der Waals surface area contributed by atoms with Gasteiger partial charge in [-0.05, 0) is 18.9 Å². The number of carbonyl (C=O) groups is 2. The molecule has 0 saturated carbocycles. The molecule has 0 amide bonds. The Morgan fingerprint density at radius 1 is 1.70 bits per heavy atom. The van der Waals surface area contributed by atoms with E-state index in [-0.39, 0.29) is 11.8 Å². The number of ketones is 1. The molecule has 2 unspecified atom stereocenters. The van der Waals surface area contributed by atoms with E-state index in [0.29, 0.717) is 12.2 Å². The minimum absolute atomic E-state index is 0.201. The molecular weight excluding hydrogens is 130 g/mol. The molecule has 1 heterocycles. The Morgan fingerprint density at radius 3 is 2.80 bits per heavy atom. The zero-order valence-corrected chi connectivity index (χ0v) is 5.96. The summed E-state index contributed by atoms with van der Waals surface area (Å²) in [5.74, 6) is 0.207. The van der Waals surface area contributed by atoms with Crippen LogP contribution in [0.4, 0.5) is 0 Å². The molecule has 1 fully saturated rings. The number of carbonyl (C=O) groups excluding carboxylic acids is 2. The molecule has 2 atom stereocenters. The molecule has 1 saturated heterocycles. The average Bonchev–Trinajstić information content (AvgIpc) is 2.34. The highest BCUT2D eigenvalue weighted by molar-refractivity contribution is 6.27. The number of aldehydes is 1. The monoisotopic (exact) mass is 141 g/mol. The number of Topliss-reactive ketones (excluding diaryl/α,β-unsaturated/α-hetero) is 1. The van der Waals surface area contributed by atoms with Crippen LogP contribution in [0.25, 0.3) is 0 Å². The van der Waals surface area contributed by atoms with Gasteiger partial charge in [0.2, 0.25) is 5.78 Å². The molecule has 1 aliphatic heterocycles. The SMILES string of the molecule is CC1CNC(C(=O)C=O)C1. The van der Waals surface area contributed by atoms with E-state index in [1.807, 2.05) is 0 Å². The summed E-state index contributed by atoms with van der Waals surface area (Å²) in [6.07, 6.45) is 1.20. The minimum Gasteiger partial charge on any atom is -0.307 e. The fraction of sp³-hybridized carbons (Fsp3) is 0.714. The zero-order chi connectivity index (χ0) is 7.56. The standard InChI is InChI=1S/C7H11NO2/c1-5-2-6(8-3-5)7(10)4-9/h4-6,8H,2-3H2,1H3. The van der Waals surface area contributed by atoms with Gasteiger partial charge in [0.1, 0.15) is 0 Å². The first kappa shape index (κ1) is 7.41. The van der Waals surface area contributed by atoms with E-state index < -0.39 is 0 Å². The Hall–Kier alpha value is -0.700. The molecule has 10 heavy (non-hydrogen) atoms. The quantitative estimate of drug-likeness (QED) is 0.426. The first-order valence-corrected chi connectivity index (χ1v) is 3.46. The fourth-order valence-electron chi connectivity index (χ4n) is 1.21. The Kier molecular flexibility index (Phi) is 2.17. The normalized spacial score (nSPS) is 32.1. The molecular formula is C7H11NO2. The van der Waals surface area contributed by atoms with Crippen LogP contribution in [0.3, 0.4) is 0 Å². The van der Waals surface area contributed by atoms with E-state index in [2.05, 4.69) is 12.2 Å². The van der Waals surface area contributed by atoms with Gasteiger partial charge in [0.25, 0.3) is 0 Å². The van der Waals surface area contributed by atoms with Gasteiger partial charge in [-0.1, -0.05) is 6.92 Å². The van der Waals surface area contributed by atoms with E-state index in [1.54, 1.807) is 0 Å². The lowest BCUT2D eigenvalue weighted by Crippen LogP contribution is -2.31. The summed E-state index contributed by atoms with van der Waals surface area (Å²) < 4.78 is 0. The highest BCUT2D eigenvalue weighted by Gasteiger charge is 2.25. The maximum Gasteiger partial charge on any atom is 0.212 e. The van der Waals surface area contributed by atoms with Crippen molar-refractivity contribution in [3.05, 3.63) is 0 Å². The maximum absolute atomic E-state index is 10.7. The van der Waals surface area contributed by atoms with Crippen LogP contribution in [0, 0.1) is 5.92 Å². The molecule has 1 N–H and O–H groups in total. The van der Waals surface area contributed by atoms with Crippen LogP contribution < -0.4 is 5.32 Å². The van der Waals surface area contributed by atoms with Crippen LogP contribution >= 0.6 is 0 Å². The van der Waals surface area contributed by atoms with E-state index >= 15 is 0 Å². The molecule has 0 aliphatic carbocycles. The summed E-state index contributed by atoms with van der Waals surface area (Å²) in [6.45, 7) is 2.91. The van der Waals surface area contributed by atoms with Crippen molar-refractivity contribution < 1.29 is 9.59 Å². The molecule has 0 bridgehead atoms. The zero-order valence-electron chi connectivity index (χ0n) is 5.96. The number of hydrogen-bond acceptors (Lipinski definition) is 3. The van der Waals surface area contributed by atoms with Crippen LogP contribution in [-0.4, -0.2) is 24.7 Å². The van der Waals surface area contributed by atoms with Crippen molar-refractivity contribution in [2.45, 2.75) is 19.4 Å².